The van der Waals surface area contributed by atoms with Crippen LogP contribution in [0.15, 0.2) is 0 Å². The maximum absolute atomic E-state index is 2.66. The van der Waals surface area contributed by atoms with E-state index in [0.29, 0.717) is 0 Å². The monoisotopic (exact) mass is 227 g/mol. The second-order valence-electron chi connectivity index (χ2n) is 4.67. The smallest absolute Gasteiger partial charge is 0.00187 e. The van der Waals surface area contributed by atoms with E-state index in [1.54, 1.807) is 0 Å². The van der Waals surface area contributed by atoms with Gasteiger partial charge in [0.2, 0.25) is 0 Å². The fourth-order valence-electron chi connectivity index (χ4n) is 2.30. The Morgan fingerprint density at radius 2 is 1.31 bits per heavy atom. The van der Waals surface area contributed by atoms with Crippen molar-refractivity contribution < 1.29 is 0 Å². The van der Waals surface area contributed by atoms with Gasteiger partial charge in [-0.1, -0.05) is 59.3 Å². The quantitative estimate of drug-likeness (QED) is 0.561. The lowest BCUT2D eigenvalue weighted by molar-refractivity contribution is 0.224. The van der Waals surface area contributed by atoms with Crippen molar-refractivity contribution in [1.29, 1.82) is 0 Å². The highest BCUT2D eigenvalue weighted by atomic mass is 15.1. The number of hydrogen-bond acceptors (Lipinski definition) is 1. The summed E-state index contributed by atoms with van der Waals surface area (Å²) in [5.41, 5.74) is 0. The molecule has 0 N–H and O–H groups in total. The predicted molar refractivity (Wildman–Crippen MR) is 75.0 cm³/mol. The third-order valence-corrected chi connectivity index (χ3v) is 3.28. The summed E-state index contributed by atoms with van der Waals surface area (Å²) in [5.74, 6) is 0. The van der Waals surface area contributed by atoms with E-state index in [1.165, 1.54) is 77.4 Å². The van der Waals surface area contributed by atoms with E-state index in [9.17, 15) is 0 Å². The highest BCUT2D eigenvalue weighted by Crippen LogP contribution is 2.11. The highest BCUT2D eigenvalue weighted by Gasteiger charge is 2.08. The highest BCUT2D eigenvalue weighted by molar-refractivity contribution is 4.64. The Morgan fingerprint density at radius 1 is 0.750 bits per heavy atom. The average Bonchev–Trinajstić information content (AvgIpc) is 2.37. The molecule has 0 amide bonds. The lowest BCUT2D eigenvalue weighted by Gasteiger charge is -2.26. The minimum absolute atomic E-state index is 1.37. The molecule has 0 unspecified atom stereocenters. The molecule has 98 valence electrons. The number of nitrogens with zero attached hydrogens (tertiary/aromatic N) is 1. The van der Waals surface area contributed by atoms with Crippen LogP contribution in [0.1, 0.15) is 78.6 Å². The minimum atomic E-state index is 1.37. The van der Waals surface area contributed by atoms with Crippen LogP contribution < -0.4 is 0 Å². The van der Waals surface area contributed by atoms with E-state index in [-0.39, 0.29) is 0 Å². The van der Waals surface area contributed by atoms with Gasteiger partial charge in [0.15, 0.2) is 0 Å². The van der Waals surface area contributed by atoms with E-state index < -0.39 is 0 Å². The van der Waals surface area contributed by atoms with Crippen LogP contribution in [0.5, 0.6) is 0 Å². The van der Waals surface area contributed by atoms with Gasteiger partial charge in [-0.3, -0.25) is 0 Å². The Labute approximate surface area is 104 Å². The van der Waals surface area contributed by atoms with Crippen molar-refractivity contribution in [2.45, 2.75) is 78.6 Å². The number of rotatable bonds is 7. The van der Waals surface area contributed by atoms with Crippen molar-refractivity contribution >= 4 is 0 Å². The van der Waals surface area contributed by atoms with Crippen molar-refractivity contribution in [3.05, 3.63) is 0 Å². The Morgan fingerprint density at radius 3 is 1.94 bits per heavy atom. The van der Waals surface area contributed by atoms with Crippen molar-refractivity contribution in [2.24, 2.45) is 0 Å². The molecule has 0 aliphatic carbocycles. The van der Waals surface area contributed by atoms with E-state index in [4.69, 9.17) is 0 Å². The van der Waals surface area contributed by atoms with Gasteiger partial charge in [0, 0.05) is 0 Å². The number of hydrogen-bond donors (Lipinski definition) is 0. The zero-order valence-electron chi connectivity index (χ0n) is 11.9. The molecule has 1 rings (SSSR count). The van der Waals surface area contributed by atoms with Crippen LogP contribution in [0.3, 0.4) is 0 Å². The van der Waals surface area contributed by atoms with Crippen LogP contribution in [0, 0.1) is 0 Å². The summed E-state index contributed by atoms with van der Waals surface area (Å²) in [4.78, 5) is 2.66. The molecule has 0 spiro atoms. The summed E-state index contributed by atoms with van der Waals surface area (Å²) >= 11 is 0. The van der Waals surface area contributed by atoms with Crippen molar-refractivity contribution in [3.63, 3.8) is 0 Å². The average molecular weight is 227 g/mol. The van der Waals surface area contributed by atoms with Crippen LogP contribution in [-0.4, -0.2) is 24.5 Å². The summed E-state index contributed by atoms with van der Waals surface area (Å²) in [5, 5.41) is 0. The van der Waals surface area contributed by atoms with Gasteiger partial charge in [-0.25, -0.2) is 0 Å². The zero-order chi connectivity index (χ0) is 12.1. The third-order valence-electron chi connectivity index (χ3n) is 3.28. The fraction of sp³-hybridized carbons (Fsp3) is 1.00. The molecule has 0 atom stereocenters. The summed E-state index contributed by atoms with van der Waals surface area (Å²) in [7, 11) is 0. The molecule has 1 fully saturated rings. The molecule has 1 heteroatoms. The molecule has 1 aliphatic heterocycles. The number of piperidine rings is 1. The first-order valence-corrected chi connectivity index (χ1v) is 7.66. The molecule has 1 saturated heterocycles. The van der Waals surface area contributed by atoms with E-state index in [1.807, 2.05) is 13.8 Å². The van der Waals surface area contributed by atoms with Gasteiger partial charge >= 0.3 is 0 Å². The predicted octanol–water partition coefficient (Wildman–Crippen LogP) is 4.86. The molecule has 0 aromatic carbocycles. The van der Waals surface area contributed by atoms with Gasteiger partial charge < -0.3 is 4.90 Å². The molecular weight excluding hydrogens is 194 g/mol. The van der Waals surface area contributed by atoms with Gasteiger partial charge in [0.25, 0.3) is 0 Å². The van der Waals surface area contributed by atoms with Crippen LogP contribution in [0.25, 0.3) is 0 Å². The normalized spacial score (nSPS) is 16.7. The van der Waals surface area contributed by atoms with Gasteiger partial charge in [-0.2, -0.15) is 0 Å². The summed E-state index contributed by atoms with van der Waals surface area (Å²) in [6.45, 7) is 10.4. The Bertz CT molecular complexity index is 117. The maximum atomic E-state index is 2.66. The standard InChI is InChI=1S/C13H27N.C2H6/c1-2-3-4-5-6-8-11-14-12-9-7-10-13-14;1-2/h2-13H2,1H3;1-2H3. The topological polar surface area (TPSA) is 3.24 Å². The van der Waals surface area contributed by atoms with Gasteiger partial charge in [-0.15, -0.1) is 0 Å². The molecule has 16 heavy (non-hydrogen) atoms. The molecule has 1 aliphatic rings. The largest absolute Gasteiger partial charge is 0.303 e. The molecule has 0 aromatic rings. The molecule has 1 nitrogen and oxygen atoms in total. The lowest BCUT2D eigenvalue weighted by Crippen LogP contribution is -2.30. The van der Waals surface area contributed by atoms with E-state index >= 15 is 0 Å². The zero-order valence-corrected chi connectivity index (χ0v) is 11.9. The molecule has 0 saturated carbocycles. The second kappa shape index (κ2) is 13.0. The maximum Gasteiger partial charge on any atom is -0.00187 e. The molecule has 1 heterocycles. The van der Waals surface area contributed by atoms with Crippen LogP contribution in [0.2, 0.25) is 0 Å². The second-order valence-corrected chi connectivity index (χ2v) is 4.67. The van der Waals surface area contributed by atoms with Crippen molar-refractivity contribution in [1.82, 2.24) is 4.90 Å². The number of likely N-dealkylation sites (tertiary alicyclic amines) is 1. The lowest BCUT2D eigenvalue weighted by atomic mass is 10.1. The van der Waals surface area contributed by atoms with Crippen molar-refractivity contribution in [2.75, 3.05) is 19.6 Å². The molecular formula is C15H33N. The molecule has 0 aromatic heterocycles. The summed E-state index contributed by atoms with van der Waals surface area (Å²) in [6.07, 6.45) is 13.0. The van der Waals surface area contributed by atoms with E-state index in [2.05, 4.69) is 11.8 Å². The Kier molecular flexibility index (Phi) is 13.0. The Balaban J connectivity index is 0.00000106. The number of unbranched alkanes of at least 4 members (excludes halogenated alkanes) is 5. The van der Waals surface area contributed by atoms with Gasteiger partial charge in [-0.05, 0) is 38.9 Å². The SMILES string of the molecule is CC.CCCCCCCCN1CCCCC1. The summed E-state index contributed by atoms with van der Waals surface area (Å²) < 4.78 is 0. The first-order chi connectivity index (χ1) is 7.93. The van der Waals surface area contributed by atoms with Crippen LogP contribution in [0.4, 0.5) is 0 Å². The fourth-order valence-corrected chi connectivity index (χ4v) is 2.30. The van der Waals surface area contributed by atoms with Gasteiger partial charge in [0.1, 0.15) is 0 Å². The van der Waals surface area contributed by atoms with Gasteiger partial charge in [0.05, 0.1) is 0 Å². The molecule has 0 bridgehead atoms. The third kappa shape index (κ3) is 9.21. The minimum Gasteiger partial charge on any atom is -0.303 e. The first-order valence-electron chi connectivity index (χ1n) is 7.66. The molecule has 0 radical (unpaired) electrons. The van der Waals surface area contributed by atoms with Crippen LogP contribution in [-0.2, 0) is 0 Å². The van der Waals surface area contributed by atoms with E-state index in [0.717, 1.165) is 0 Å². The Hall–Kier alpha value is -0.0400. The first kappa shape index (κ1) is 16.0. The van der Waals surface area contributed by atoms with Crippen LogP contribution >= 0.6 is 0 Å². The summed E-state index contributed by atoms with van der Waals surface area (Å²) in [6, 6.07) is 0. The van der Waals surface area contributed by atoms with Crippen molar-refractivity contribution in [3.8, 4) is 0 Å².